The van der Waals surface area contributed by atoms with Crippen LogP contribution in [0, 0.1) is 0 Å². The van der Waals surface area contributed by atoms with Crippen molar-refractivity contribution >= 4 is 23.2 Å². The second-order valence-electron chi connectivity index (χ2n) is 3.68. The lowest BCUT2D eigenvalue weighted by molar-refractivity contribution is -0.139. The number of imidazole rings is 1. The predicted molar refractivity (Wildman–Crippen MR) is 65.4 cm³/mol. The molecule has 0 aromatic carbocycles. The Morgan fingerprint density at radius 1 is 1.56 bits per heavy atom. The molecule has 6 nitrogen and oxygen atoms in total. The van der Waals surface area contributed by atoms with E-state index in [1.165, 1.54) is 23.9 Å². The number of amides is 1. The molecule has 7 heteroatoms. The summed E-state index contributed by atoms with van der Waals surface area (Å²) in [5.41, 5.74) is 0.195. The normalized spacial score (nSPS) is 12.1. The molecule has 1 unspecified atom stereocenters. The van der Waals surface area contributed by atoms with E-state index >= 15 is 0 Å². The number of aryl methyl sites for hydroxylation is 1. The van der Waals surface area contributed by atoms with Gasteiger partial charge in [0.2, 0.25) is 0 Å². The van der Waals surface area contributed by atoms with Crippen molar-refractivity contribution in [2.24, 2.45) is 7.05 Å². The van der Waals surface area contributed by atoms with Gasteiger partial charge < -0.3 is 15.0 Å². The summed E-state index contributed by atoms with van der Waals surface area (Å²) in [5, 5.41) is 13.3. The Morgan fingerprint density at radius 2 is 2.33 bits per heavy atom. The van der Waals surface area contributed by atoms with E-state index in [1.54, 1.807) is 29.1 Å². The second-order valence-corrected chi connectivity index (χ2v) is 4.66. The highest BCUT2D eigenvalue weighted by Crippen LogP contribution is 2.19. The van der Waals surface area contributed by atoms with Gasteiger partial charge in [-0.3, -0.25) is 4.79 Å². The number of rotatable bonds is 4. The maximum absolute atomic E-state index is 11.8. The Kier molecular flexibility index (Phi) is 3.42. The molecule has 2 heterocycles. The minimum Gasteiger partial charge on any atom is -0.479 e. The van der Waals surface area contributed by atoms with Crippen molar-refractivity contribution < 1.29 is 14.7 Å². The van der Waals surface area contributed by atoms with Gasteiger partial charge in [0.1, 0.15) is 5.69 Å². The van der Waals surface area contributed by atoms with Crippen molar-refractivity contribution in [3.8, 4) is 0 Å². The van der Waals surface area contributed by atoms with Gasteiger partial charge in [-0.25, -0.2) is 9.78 Å². The molecule has 0 saturated carbocycles. The van der Waals surface area contributed by atoms with Crippen molar-refractivity contribution in [1.29, 1.82) is 0 Å². The van der Waals surface area contributed by atoms with Gasteiger partial charge >= 0.3 is 5.97 Å². The van der Waals surface area contributed by atoms with Gasteiger partial charge in [0.05, 0.1) is 6.33 Å². The van der Waals surface area contributed by atoms with E-state index in [4.69, 9.17) is 5.11 Å². The summed E-state index contributed by atoms with van der Waals surface area (Å²) in [5.74, 6) is -1.60. The summed E-state index contributed by atoms with van der Waals surface area (Å²) < 4.78 is 1.62. The number of carboxylic acid groups (broad SMARTS) is 1. The molecule has 2 N–H and O–H groups in total. The number of thiophene rings is 1. The van der Waals surface area contributed by atoms with E-state index in [0.29, 0.717) is 4.88 Å². The number of hydrogen-bond acceptors (Lipinski definition) is 4. The van der Waals surface area contributed by atoms with Gasteiger partial charge in [-0.1, -0.05) is 6.07 Å². The largest absolute Gasteiger partial charge is 0.479 e. The van der Waals surface area contributed by atoms with E-state index in [1.807, 2.05) is 0 Å². The summed E-state index contributed by atoms with van der Waals surface area (Å²) in [6.45, 7) is 0. The first-order valence-electron chi connectivity index (χ1n) is 5.13. The van der Waals surface area contributed by atoms with Crippen LogP contribution in [0.25, 0.3) is 0 Å². The minimum atomic E-state index is -1.10. The van der Waals surface area contributed by atoms with Crippen LogP contribution in [0.2, 0.25) is 0 Å². The van der Waals surface area contributed by atoms with Crippen LogP contribution in [0.3, 0.4) is 0 Å². The summed E-state index contributed by atoms with van der Waals surface area (Å²) in [7, 11) is 1.73. The number of carboxylic acids is 1. The lowest BCUT2D eigenvalue weighted by Crippen LogP contribution is -2.33. The van der Waals surface area contributed by atoms with Crippen LogP contribution in [-0.4, -0.2) is 26.5 Å². The number of carbonyl (C=O) groups is 2. The molecule has 1 atom stereocenters. The Balaban J connectivity index is 2.15. The number of aromatic nitrogens is 2. The first-order chi connectivity index (χ1) is 8.58. The maximum Gasteiger partial charge on any atom is 0.331 e. The lowest BCUT2D eigenvalue weighted by Gasteiger charge is -2.11. The zero-order valence-corrected chi connectivity index (χ0v) is 10.3. The van der Waals surface area contributed by atoms with Crippen LogP contribution < -0.4 is 5.32 Å². The van der Waals surface area contributed by atoms with Gasteiger partial charge in [0.25, 0.3) is 5.91 Å². The number of nitrogens with one attached hydrogen (secondary N) is 1. The molecule has 0 aliphatic carbocycles. The average Bonchev–Trinajstić information content (AvgIpc) is 2.95. The van der Waals surface area contributed by atoms with Crippen molar-refractivity contribution in [2.75, 3.05) is 0 Å². The van der Waals surface area contributed by atoms with E-state index < -0.39 is 17.9 Å². The van der Waals surface area contributed by atoms with Crippen LogP contribution in [0.1, 0.15) is 21.4 Å². The first-order valence-corrected chi connectivity index (χ1v) is 6.01. The fraction of sp³-hybridized carbons (Fsp3) is 0.182. The SMILES string of the molecule is Cn1cnc(C(=O)NC(C(=O)O)c2cccs2)c1. The van der Waals surface area contributed by atoms with Gasteiger partial charge in [-0.05, 0) is 11.4 Å². The van der Waals surface area contributed by atoms with Crippen molar-refractivity contribution in [1.82, 2.24) is 14.9 Å². The van der Waals surface area contributed by atoms with E-state index in [-0.39, 0.29) is 5.69 Å². The number of carbonyl (C=O) groups excluding carboxylic acids is 1. The molecule has 0 aliphatic rings. The summed E-state index contributed by atoms with van der Waals surface area (Å²) in [6, 6.07) is 2.37. The molecule has 0 aliphatic heterocycles. The zero-order valence-electron chi connectivity index (χ0n) is 9.53. The quantitative estimate of drug-likeness (QED) is 0.865. The van der Waals surface area contributed by atoms with Crippen LogP contribution in [-0.2, 0) is 11.8 Å². The number of hydrogen-bond donors (Lipinski definition) is 2. The molecule has 0 radical (unpaired) electrons. The van der Waals surface area contributed by atoms with Crippen LogP contribution in [0.5, 0.6) is 0 Å². The van der Waals surface area contributed by atoms with Crippen LogP contribution in [0.15, 0.2) is 30.0 Å². The maximum atomic E-state index is 11.8. The van der Waals surface area contributed by atoms with Gasteiger partial charge in [0.15, 0.2) is 6.04 Å². The average molecular weight is 265 g/mol. The monoisotopic (exact) mass is 265 g/mol. The third kappa shape index (κ3) is 2.57. The Labute approximate surface area is 107 Å². The molecule has 0 spiro atoms. The van der Waals surface area contributed by atoms with E-state index in [2.05, 4.69) is 10.3 Å². The van der Waals surface area contributed by atoms with E-state index in [0.717, 1.165) is 0 Å². The molecule has 2 aromatic heterocycles. The second kappa shape index (κ2) is 5.01. The van der Waals surface area contributed by atoms with Crippen molar-refractivity contribution in [2.45, 2.75) is 6.04 Å². The van der Waals surface area contributed by atoms with E-state index in [9.17, 15) is 9.59 Å². The molecule has 2 aromatic rings. The van der Waals surface area contributed by atoms with Gasteiger partial charge in [-0.2, -0.15) is 0 Å². The zero-order chi connectivity index (χ0) is 13.1. The summed E-state index contributed by atoms with van der Waals surface area (Å²) in [4.78, 5) is 27.4. The highest BCUT2D eigenvalue weighted by molar-refractivity contribution is 7.10. The topological polar surface area (TPSA) is 84.2 Å². The molecule has 2 rings (SSSR count). The third-order valence-electron chi connectivity index (χ3n) is 2.29. The predicted octanol–water partition coefficient (Wildman–Crippen LogP) is 1.04. The first kappa shape index (κ1) is 12.3. The molecule has 0 fully saturated rings. The fourth-order valence-electron chi connectivity index (χ4n) is 1.45. The Bertz CT molecular complexity index is 562. The molecule has 0 saturated heterocycles. The smallest absolute Gasteiger partial charge is 0.331 e. The van der Waals surface area contributed by atoms with Gasteiger partial charge in [0, 0.05) is 18.1 Å². The summed E-state index contributed by atoms with van der Waals surface area (Å²) >= 11 is 1.28. The highest BCUT2D eigenvalue weighted by atomic mass is 32.1. The summed E-state index contributed by atoms with van der Waals surface area (Å²) in [6.07, 6.45) is 3.01. The van der Waals surface area contributed by atoms with Crippen molar-refractivity contribution in [3.63, 3.8) is 0 Å². The highest BCUT2D eigenvalue weighted by Gasteiger charge is 2.24. The number of aliphatic carboxylic acids is 1. The molecule has 94 valence electrons. The lowest BCUT2D eigenvalue weighted by atomic mass is 10.2. The molecule has 1 amide bonds. The standard InChI is InChI=1S/C11H11N3O3S/c1-14-5-7(12-6-14)10(15)13-9(11(16)17)8-3-2-4-18-8/h2-6,9H,1H3,(H,13,15)(H,16,17). The Hall–Kier alpha value is -2.15. The van der Waals surface area contributed by atoms with Crippen molar-refractivity contribution in [3.05, 3.63) is 40.6 Å². The third-order valence-corrected chi connectivity index (χ3v) is 3.22. The molecular formula is C11H11N3O3S. The van der Waals surface area contributed by atoms with Gasteiger partial charge in [-0.15, -0.1) is 11.3 Å². The Morgan fingerprint density at radius 3 is 2.83 bits per heavy atom. The molecular weight excluding hydrogens is 254 g/mol. The van der Waals surface area contributed by atoms with Crippen LogP contribution >= 0.6 is 11.3 Å². The number of nitrogens with zero attached hydrogens (tertiary/aromatic N) is 2. The molecule has 0 bridgehead atoms. The molecule has 18 heavy (non-hydrogen) atoms. The fourth-order valence-corrected chi connectivity index (χ4v) is 2.21. The van der Waals surface area contributed by atoms with Crippen LogP contribution in [0.4, 0.5) is 0 Å². The minimum absolute atomic E-state index is 0.195.